The lowest BCUT2D eigenvalue weighted by Crippen LogP contribution is -2.25. The molecule has 6 heteroatoms. The first-order valence-electron chi connectivity index (χ1n) is 5.85. The van der Waals surface area contributed by atoms with Crippen LogP contribution in [-0.4, -0.2) is 22.5 Å². The zero-order chi connectivity index (χ0) is 13.1. The van der Waals surface area contributed by atoms with Crippen LogP contribution in [0.3, 0.4) is 0 Å². The van der Waals surface area contributed by atoms with E-state index in [1.807, 2.05) is 11.8 Å². The summed E-state index contributed by atoms with van der Waals surface area (Å²) in [4.78, 5) is 10.3. The first-order valence-corrected chi connectivity index (χ1v) is 7.93. The van der Waals surface area contributed by atoms with E-state index in [9.17, 15) is 10.1 Å². The van der Waals surface area contributed by atoms with Gasteiger partial charge in [0.1, 0.15) is 0 Å². The van der Waals surface area contributed by atoms with Gasteiger partial charge in [-0.05, 0) is 41.1 Å². The van der Waals surface area contributed by atoms with E-state index in [4.69, 9.17) is 0 Å². The van der Waals surface area contributed by atoms with E-state index >= 15 is 0 Å². The summed E-state index contributed by atoms with van der Waals surface area (Å²) in [5.41, 5.74) is 1.05. The van der Waals surface area contributed by atoms with Crippen molar-refractivity contribution in [2.75, 3.05) is 11.6 Å². The lowest BCUT2D eigenvalue weighted by atomic mass is 10.2. The van der Waals surface area contributed by atoms with E-state index in [0.717, 1.165) is 16.6 Å². The lowest BCUT2D eigenvalue weighted by Gasteiger charge is -2.21. The fourth-order valence-electron chi connectivity index (χ4n) is 2.31. The number of nitrogens with zero attached hydrogens (tertiary/aromatic N) is 1. The molecular weight excluding hydrogens is 316 g/mol. The molecule has 2 rings (SSSR count). The molecule has 98 valence electrons. The van der Waals surface area contributed by atoms with Gasteiger partial charge < -0.3 is 5.32 Å². The Morgan fingerprint density at radius 2 is 2.28 bits per heavy atom. The molecule has 0 aromatic heterocycles. The number of nitro benzene ring substituents is 1. The van der Waals surface area contributed by atoms with Crippen molar-refractivity contribution in [1.82, 2.24) is 0 Å². The van der Waals surface area contributed by atoms with Crippen LogP contribution in [0.4, 0.5) is 11.4 Å². The van der Waals surface area contributed by atoms with E-state index < -0.39 is 0 Å². The average molecular weight is 331 g/mol. The Labute approximate surface area is 119 Å². The monoisotopic (exact) mass is 330 g/mol. The number of non-ortho nitro benzene ring substituents is 1. The standard InChI is InChI=1S/C12H15BrN2O2S/c1-18-12-4-2-3-11(12)14-10-6-5-8(15(16)17)7-9(10)13/h5-7,11-12,14H,2-4H2,1H3. The second-order valence-electron chi connectivity index (χ2n) is 4.38. The molecule has 1 aromatic rings. The number of hydrogen-bond donors (Lipinski definition) is 1. The van der Waals surface area contributed by atoms with Crippen LogP contribution >= 0.6 is 27.7 Å². The van der Waals surface area contributed by atoms with Crippen LogP contribution < -0.4 is 5.32 Å². The van der Waals surface area contributed by atoms with Crippen molar-refractivity contribution < 1.29 is 4.92 Å². The van der Waals surface area contributed by atoms with Crippen LogP contribution in [0.5, 0.6) is 0 Å². The van der Waals surface area contributed by atoms with Gasteiger partial charge in [-0.15, -0.1) is 0 Å². The van der Waals surface area contributed by atoms with Crippen LogP contribution in [-0.2, 0) is 0 Å². The minimum absolute atomic E-state index is 0.111. The first kappa shape index (κ1) is 13.7. The zero-order valence-electron chi connectivity index (χ0n) is 10.1. The van der Waals surface area contributed by atoms with Gasteiger partial charge in [-0.25, -0.2) is 0 Å². The van der Waals surface area contributed by atoms with Crippen molar-refractivity contribution in [3.05, 3.63) is 32.8 Å². The topological polar surface area (TPSA) is 55.2 Å². The molecule has 0 aliphatic heterocycles. The molecule has 4 nitrogen and oxygen atoms in total. The second-order valence-corrected chi connectivity index (χ2v) is 6.31. The minimum Gasteiger partial charge on any atom is -0.380 e. The van der Waals surface area contributed by atoms with Crippen LogP contribution in [0, 0.1) is 10.1 Å². The van der Waals surface area contributed by atoms with Gasteiger partial charge in [0.2, 0.25) is 0 Å². The molecule has 1 saturated carbocycles. The Morgan fingerprint density at radius 1 is 1.50 bits per heavy atom. The Hall–Kier alpha value is -0.750. The molecule has 1 aliphatic rings. The van der Waals surface area contributed by atoms with Crippen LogP contribution in [0.15, 0.2) is 22.7 Å². The maximum absolute atomic E-state index is 10.7. The van der Waals surface area contributed by atoms with Gasteiger partial charge >= 0.3 is 0 Å². The number of rotatable bonds is 4. The number of benzene rings is 1. The third kappa shape index (κ3) is 2.98. The molecule has 1 aromatic carbocycles. The average Bonchev–Trinajstić information content (AvgIpc) is 2.78. The van der Waals surface area contributed by atoms with Gasteiger partial charge in [0.05, 0.1) is 4.92 Å². The van der Waals surface area contributed by atoms with Gasteiger partial charge in [0.15, 0.2) is 0 Å². The molecule has 1 N–H and O–H groups in total. The van der Waals surface area contributed by atoms with Crippen molar-refractivity contribution in [2.45, 2.75) is 30.6 Å². The number of nitrogens with one attached hydrogen (secondary N) is 1. The molecular formula is C12H15BrN2O2S. The van der Waals surface area contributed by atoms with Crippen molar-refractivity contribution in [3.63, 3.8) is 0 Å². The van der Waals surface area contributed by atoms with E-state index in [1.54, 1.807) is 12.1 Å². The molecule has 0 radical (unpaired) electrons. The minimum atomic E-state index is -0.380. The Balaban J connectivity index is 2.12. The smallest absolute Gasteiger partial charge is 0.270 e. The largest absolute Gasteiger partial charge is 0.380 e. The highest BCUT2D eigenvalue weighted by atomic mass is 79.9. The van der Waals surface area contributed by atoms with Crippen molar-refractivity contribution in [2.24, 2.45) is 0 Å². The van der Waals surface area contributed by atoms with Gasteiger partial charge in [-0.3, -0.25) is 10.1 Å². The van der Waals surface area contributed by atoms with E-state index in [1.165, 1.54) is 18.9 Å². The predicted molar refractivity (Wildman–Crippen MR) is 79.4 cm³/mol. The maximum Gasteiger partial charge on any atom is 0.270 e. The molecule has 1 aliphatic carbocycles. The van der Waals surface area contributed by atoms with Crippen molar-refractivity contribution in [1.29, 1.82) is 0 Å². The van der Waals surface area contributed by atoms with E-state index in [2.05, 4.69) is 27.5 Å². The summed E-state index contributed by atoms with van der Waals surface area (Å²) in [6.45, 7) is 0. The number of anilines is 1. The molecule has 18 heavy (non-hydrogen) atoms. The SMILES string of the molecule is CSC1CCCC1Nc1ccc([N+](=O)[O-])cc1Br. The highest BCUT2D eigenvalue weighted by molar-refractivity contribution is 9.10. The number of thioether (sulfide) groups is 1. The van der Waals surface area contributed by atoms with Gasteiger partial charge in [-0.1, -0.05) is 6.42 Å². The fraction of sp³-hybridized carbons (Fsp3) is 0.500. The molecule has 0 amide bonds. The number of halogens is 1. The molecule has 0 spiro atoms. The zero-order valence-corrected chi connectivity index (χ0v) is 12.5. The van der Waals surface area contributed by atoms with Crippen LogP contribution in [0.1, 0.15) is 19.3 Å². The van der Waals surface area contributed by atoms with Gasteiger partial charge in [0.25, 0.3) is 5.69 Å². The molecule has 0 bridgehead atoms. The van der Waals surface area contributed by atoms with Crippen molar-refractivity contribution in [3.8, 4) is 0 Å². The second kappa shape index (κ2) is 5.93. The summed E-state index contributed by atoms with van der Waals surface area (Å²) in [7, 11) is 0. The normalized spacial score (nSPS) is 23.0. The summed E-state index contributed by atoms with van der Waals surface area (Å²) >= 11 is 5.28. The predicted octanol–water partition coefficient (Wildman–Crippen LogP) is 4.05. The maximum atomic E-state index is 10.7. The van der Waals surface area contributed by atoms with Gasteiger partial charge in [0, 0.05) is 33.6 Å². The molecule has 2 unspecified atom stereocenters. The third-order valence-electron chi connectivity index (χ3n) is 3.26. The molecule has 0 heterocycles. The number of nitro groups is 1. The van der Waals surface area contributed by atoms with Crippen LogP contribution in [0.25, 0.3) is 0 Å². The molecule has 2 atom stereocenters. The third-order valence-corrected chi connectivity index (χ3v) is 5.09. The molecule has 0 saturated heterocycles. The highest BCUT2D eigenvalue weighted by Gasteiger charge is 2.26. The number of hydrogen-bond acceptors (Lipinski definition) is 4. The van der Waals surface area contributed by atoms with Gasteiger partial charge in [-0.2, -0.15) is 11.8 Å². The highest BCUT2D eigenvalue weighted by Crippen LogP contribution is 2.34. The first-order chi connectivity index (χ1) is 8.61. The summed E-state index contributed by atoms with van der Waals surface area (Å²) < 4.78 is 0.753. The Morgan fingerprint density at radius 3 is 2.89 bits per heavy atom. The van der Waals surface area contributed by atoms with E-state index in [0.29, 0.717) is 11.3 Å². The summed E-state index contributed by atoms with van der Waals surface area (Å²) in [6, 6.07) is 5.32. The fourth-order valence-corrected chi connectivity index (χ4v) is 3.72. The van der Waals surface area contributed by atoms with Crippen molar-refractivity contribution >= 4 is 39.1 Å². The van der Waals surface area contributed by atoms with Crippen LogP contribution in [0.2, 0.25) is 0 Å². The Kier molecular flexibility index (Phi) is 4.50. The molecule has 1 fully saturated rings. The van der Waals surface area contributed by atoms with E-state index in [-0.39, 0.29) is 10.6 Å². The Bertz CT molecular complexity index is 456. The summed E-state index contributed by atoms with van der Waals surface area (Å²) in [6.07, 6.45) is 5.78. The quantitative estimate of drug-likeness (QED) is 0.668. The summed E-state index contributed by atoms with van der Waals surface area (Å²) in [5.74, 6) is 0. The lowest BCUT2D eigenvalue weighted by molar-refractivity contribution is -0.384. The summed E-state index contributed by atoms with van der Waals surface area (Å²) in [5, 5.41) is 14.8.